The van der Waals surface area contributed by atoms with Gasteiger partial charge in [-0.15, -0.1) is 0 Å². The number of carbonyl (C=O) groups excluding carboxylic acids is 3. The zero-order valence-electron chi connectivity index (χ0n) is 13.7. The van der Waals surface area contributed by atoms with Crippen LogP contribution in [0, 0.1) is 6.92 Å². The summed E-state index contributed by atoms with van der Waals surface area (Å²) in [6.07, 6.45) is 5.51. The molecule has 4 rings (SSSR count). The van der Waals surface area contributed by atoms with E-state index in [9.17, 15) is 14.4 Å². The number of urea groups is 1. The molecule has 4 amide bonds. The van der Waals surface area contributed by atoms with Crippen molar-refractivity contribution in [1.29, 1.82) is 0 Å². The van der Waals surface area contributed by atoms with E-state index < -0.39 is 11.6 Å². The number of rotatable bonds is 2. The molecule has 1 saturated heterocycles. The second kappa shape index (κ2) is 5.54. The van der Waals surface area contributed by atoms with Gasteiger partial charge in [0.15, 0.2) is 5.65 Å². The third kappa shape index (κ3) is 2.61. The number of nitrogens with zero attached hydrogens (tertiary/aromatic N) is 3. The number of fused-ring (bicyclic) bond motifs is 1. The maximum atomic E-state index is 12.6. The summed E-state index contributed by atoms with van der Waals surface area (Å²) in [7, 11) is 0. The van der Waals surface area contributed by atoms with Crippen molar-refractivity contribution in [1.82, 2.24) is 30.5 Å². The Kier molecular flexibility index (Phi) is 3.45. The van der Waals surface area contributed by atoms with Crippen LogP contribution in [0.5, 0.6) is 0 Å². The van der Waals surface area contributed by atoms with Gasteiger partial charge < -0.3 is 10.6 Å². The lowest BCUT2D eigenvalue weighted by atomic mass is 9.79. The number of imide groups is 1. The van der Waals surface area contributed by atoms with Crippen molar-refractivity contribution in [2.24, 2.45) is 0 Å². The van der Waals surface area contributed by atoms with Gasteiger partial charge in [-0.05, 0) is 38.7 Å². The van der Waals surface area contributed by atoms with E-state index in [0.717, 1.165) is 5.69 Å². The van der Waals surface area contributed by atoms with Gasteiger partial charge in [-0.3, -0.25) is 14.9 Å². The molecule has 0 atom stereocenters. The SMILES string of the molecule is Cc1ccn2ncc(C(=O)NC3CCC4(CC3)NC(=O)NC4=O)c2n1. The van der Waals surface area contributed by atoms with E-state index >= 15 is 0 Å². The fraction of sp³-hybridized carbons (Fsp3) is 0.438. The summed E-state index contributed by atoms with van der Waals surface area (Å²) in [6, 6.07) is 1.33. The molecule has 2 aliphatic rings. The van der Waals surface area contributed by atoms with Gasteiger partial charge >= 0.3 is 6.03 Å². The van der Waals surface area contributed by atoms with Gasteiger partial charge in [0, 0.05) is 17.9 Å². The Bertz CT molecular complexity index is 881. The first kappa shape index (κ1) is 15.6. The van der Waals surface area contributed by atoms with Crippen molar-refractivity contribution >= 4 is 23.5 Å². The fourth-order valence-electron chi connectivity index (χ4n) is 3.52. The number of amides is 4. The van der Waals surface area contributed by atoms with Gasteiger partial charge in [0.2, 0.25) is 0 Å². The highest BCUT2D eigenvalue weighted by Crippen LogP contribution is 2.31. The van der Waals surface area contributed by atoms with Crippen LogP contribution in [0.15, 0.2) is 18.5 Å². The Morgan fingerprint density at radius 1 is 1.36 bits per heavy atom. The molecule has 0 radical (unpaired) electrons. The van der Waals surface area contributed by atoms with Crippen LogP contribution in [0.1, 0.15) is 41.7 Å². The first-order valence-corrected chi connectivity index (χ1v) is 8.22. The van der Waals surface area contributed by atoms with Gasteiger partial charge in [-0.2, -0.15) is 5.10 Å². The van der Waals surface area contributed by atoms with Crippen molar-refractivity contribution in [3.05, 3.63) is 29.7 Å². The molecule has 2 aromatic rings. The molecule has 25 heavy (non-hydrogen) atoms. The molecule has 2 aromatic heterocycles. The summed E-state index contributed by atoms with van der Waals surface area (Å²) in [4.78, 5) is 40.3. The predicted molar refractivity (Wildman–Crippen MR) is 86.9 cm³/mol. The first-order chi connectivity index (χ1) is 12.0. The van der Waals surface area contributed by atoms with Gasteiger partial charge in [0.25, 0.3) is 11.8 Å². The highest BCUT2D eigenvalue weighted by atomic mass is 16.2. The molecular formula is C16H18N6O3. The molecule has 1 aliphatic carbocycles. The summed E-state index contributed by atoms with van der Waals surface area (Å²) in [5, 5.41) is 12.1. The molecular weight excluding hydrogens is 324 g/mol. The number of carbonyl (C=O) groups is 3. The molecule has 9 nitrogen and oxygen atoms in total. The quantitative estimate of drug-likeness (QED) is 0.678. The zero-order valence-corrected chi connectivity index (χ0v) is 13.7. The van der Waals surface area contributed by atoms with Crippen LogP contribution in [-0.4, -0.2) is 44.0 Å². The monoisotopic (exact) mass is 342 g/mol. The van der Waals surface area contributed by atoms with Crippen LogP contribution < -0.4 is 16.0 Å². The molecule has 0 bridgehead atoms. The van der Waals surface area contributed by atoms with E-state index in [1.54, 1.807) is 10.7 Å². The van der Waals surface area contributed by atoms with E-state index in [-0.39, 0.29) is 17.9 Å². The summed E-state index contributed by atoms with van der Waals surface area (Å²) in [5.74, 6) is -0.501. The smallest absolute Gasteiger partial charge is 0.322 e. The van der Waals surface area contributed by atoms with Gasteiger partial charge in [-0.1, -0.05) is 0 Å². The summed E-state index contributed by atoms with van der Waals surface area (Å²) in [5.41, 5.74) is 0.939. The first-order valence-electron chi connectivity index (χ1n) is 8.22. The number of hydrogen-bond donors (Lipinski definition) is 3. The molecule has 9 heteroatoms. The molecule has 1 saturated carbocycles. The fourth-order valence-corrected chi connectivity index (χ4v) is 3.52. The van der Waals surface area contributed by atoms with Crippen LogP contribution >= 0.6 is 0 Å². The van der Waals surface area contributed by atoms with Crippen molar-refractivity contribution in [3.8, 4) is 0 Å². The molecule has 2 fully saturated rings. The highest BCUT2D eigenvalue weighted by Gasteiger charge is 2.48. The minimum Gasteiger partial charge on any atom is -0.349 e. The minimum atomic E-state index is -0.818. The van der Waals surface area contributed by atoms with Crippen LogP contribution in [0.3, 0.4) is 0 Å². The lowest BCUT2D eigenvalue weighted by Crippen LogP contribution is -2.52. The number of aromatic nitrogens is 3. The standard InChI is InChI=1S/C16H18N6O3/c1-9-4-7-22-12(18-9)11(8-17-22)13(23)19-10-2-5-16(6-3-10)14(24)20-15(25)21-16/h4,7-8,10H,2-3,5-6H2,1H3,(H,19,23)(H2,20,21,24,25). The third-order valence-corrected chi connectivity index (χ3v) is 4.94. The van der Waals surface area contributed by atoms with Crippen LogP contribution in [-0.2, 0) is 4.79 Å². The normalized spacial score (nSPS) is 25.9. The van der Waals surface area contributed by atoms with Crippen LogP contribution in [0.2, 0.25) is 0 Å². The maximum Gasteiger partial charge on any atom is 0.322 e. The molecule has 1 aliphatic heterocycles. The summed E-state index contributed by atoms with van der Waals surface area (Å²) < 4.78 is 1.57. The van der Waals surface area contributed by atoms with Gasteiger partial charge in [0.05, 0.1) is 6.20 Å². The van der Waals surface area contributed by atoms with E-state index in [1.165, 1.54) is 6.20 Å². The summed E-state index contributed by atoms with van der Waals surface area (Å²) in [6.45, 7) is 1.86. The number of nitrogens with one attached hydrogen (secondary N) is 3. The molecule has 0 unspecified atom stereocenters. The van der Waals surface area contributed by atoms with E-state index in [1.807, 2.05) is 13.0 Å². The highest BCUT2D eigenvalue weighted by molar-refractivity contribution is 6.07. The molecule has 3 N–H and O–H groups in total. The van der Waals surface area contributed by atoms with Crippen LogP contribution in [0.4, 0.5) is 4.79 Å². The Morgan fingerprint density at radius 2 is 2.12 bits per heavy atom. The van der Waals surface area contributed by atoms with Crippen molar-refractivity contribution < 1.29 is 14.4 Å². The van der Waals surface area contributed by atoms with E-state index in [2.05, 4.69) is 26.0 Å². The van der Waals surface area contributed by atoms with Crippen molar-refractivity contribution in [3.63, 3.8) is 0 Å². The third-order valence-electron chi connectivity index (χ3n) is 4.94. The second-order valence-corrected chi connectivity index (χ2v) is 6.63. The Morgan fingerprint density at radius 3 is 2.80 bits per heavy atom. The molecule has 1 spiro atoms. The molecule has 130 valence electrons. The van der Waals surface area contributed by atoms with Crippen LogP contribution in [0.25, 0.3) is 5.65 Å². The van der Waals surface area contributed by atoms with Crippen molar-refractivity contribution in [2.75, 3.05) is 0 Å². The second-order valence-electron chi connectivity index (χ2n) is 6.63. The predicted octanol–water partition coefficient (Wildman–Crippen LogP) is 0.288. The van der Waals surface area contributed by atoms with Crippen molar-refractivity contribution in [2.45, 2.75) is 44.2 Å². The Hall–Kier alpha value is -2.97. The largest absolute Gasteiger partial charge is 0.349 e. The average Bonchev–Trinajstić information content (AvgIpc) is 3.10. The molecule has 3 heterocycles. The lowest BCUT2D eigenvalue weighted by Gasteiger charge is -2.34. The maximum absolute atomic E-state index is 12.6. The van der Waals surface area contributed by atoms with E-state index in [0.29, 0.717) is 36.9 Å². The number of aryl methyl sites for hydroxylation is 1. The average molecular weight is 342 g/mol. The molecule has 0 aromatic carbocycles. The Labute approximate surface area is 143 Å². The number of hydrogen-bond acceptors (Lipinski definition) is 5. The topological polar surface area (TPSA) is 117 Å². The zero-order chi connectivity index (χ0) is 17.6. The van der Waals surface area contributed by atoms with Gasteiger partial charge in [0.1, 0.15) is 11.1 Å². The lowest BCUT2D eigenvalue weighted by molar-refractivity contribution is -0.125. The Balaban J connectivity index is 1.45. The minimum absolute atomic E-state index is 0.0526. The van der Waals surface area contributed by atoms with E-state index in [4.69, 9.17) is 0 Å². The van der Waals surface area contributed by atoms with Gasteiger partial charge in [-0.25, -0.2) is 14.3 Å². The summed E-state index contributed by atoms with van der Waals surface area (Å²) >= 11 is 0.